The first kappa shape index (κ1) is 15.6. The van der Waals surface area contributed by atoms with Gasteiger partial charge < -0.3 is 11.1 Å². The Hall–Kier alpha value is -1.44. The van der Waals surface area contributed by atoms with Crippen molar-refractivity contribution in [3.05, 3.63) is 35.9 Å². The van der Waals surface area contributed by atoms with Crippen molar-refractivity contribution in [2.75, 3.05) is 18.1 Å². The molecule has 4 heteroatoms. The van der Waals surface area contributed by atoms with Gasteiger partial charge in [0.15, 0.2) is 0 Å². The molecule has 19 heavy (non-hydrogen) atoms. The summed E-state index contributed by atoms with van der Waals surface area (Å²) in [5.74, 6) is 3.78. The molecule has 3 nitrogen and oxygen atoms in total. The minimum atomic E-state index is -0.278. The Morgan fingerprint density at radius 2 is 2.16 bits per heavy atom. The summed E-state index contributed by atoms with van der Waals surface area (Å²) in [4.78, 5) is 11.9. The van der Waals surface area contributed by atoms with Gasteiger partial charge in [0.2, 0.25) is 5.91 Å². The molecule has 1 aromatic carbocycles. The Kier molecular flexibility index (Phi) is 7.09. The summed E-state index contributed by atoms with van der Waals surface area (Å²) in [7, 11) is 0. The van der Waals surface area contributed by atoms with E-state index >= 15 is 0 Å². The van der Waals surface area contributed by atoms with Gasteiger partial charge in [-0.05, 0) is 5.56 Å². The standard InChI is InChI=1S/C15H20N2OS/c1-3-10-19-11-9-17-15(18)12(2)14(16)13-7-5-4-6-8-13/h1,4-8,12,14H,9-11,16H2,2H3,(H,17,18). The van der Waals surface area contributed by atoms with Crippen LogP contribution in [-0.2, 0) is 4.79 Å². The number of benzene rings is 1. The van der Waals surface area contributed by atoms with E-state index < -0.39 is 0 Å². The smallest absolute Gasteiger partial charge is 0.224 e. The van der Waals surface area contributed by atoms with Gasteiger partial charge in [-0.1, -0.05) is 43.2 Å². The SMILES string of the molecule is C#CCSCCNC(=O)C(C)C(N)c1ccccc1. The Morgan fingerprint density at radius 3 is 2.79 bits per heavy atom. The largest absolute Gasteiger partial charge is 0.355 e. The molecular weight excluding hydrogens is 256 g/mol. The fourth-order valence-electron chi connectivity index (χ4n) is 1.67. The fourth-order valence-corrected chi connectivity index (χ4v) is 2.17. The molecule has 0 heterocycles. The molecule has 1 amide bonds. The second-order valence-corrected chi connectivity index (χ2v) is 5.38. The second kappa shape index (κ2) is 8.63. The zero-order chi connectivity index (χ0) is 14.1. The Morgan fingerprint density at radius 1 is 1.47 bits per heavy atom. The lowest BCUT2D eigenvalue weighted by atomic mass is 9.95. The van der Waals surface area contributed by atoms with E-state index in [1.54, 1.807) is 11.8 Å². The maximum atomic E-state index is 11.9. The first-order valence-corrected chi connectivity index (χ1v) is 7.41. The van der Waals surface area contributed by atoms with E-state index in [1.165, 1.54) is 0 Å². The van der Waals surface area contributed by atoms with Gasteiger partial charge in [-0.25, -0.2) is 0 Å². The predicted molar refractivity (Wildman–Crippen MR) is 81.7 cm³/mol. The van der Waals surface area contributed by atoms with Crippen molar-refractivity contribution in [2.24, 2.45) is 11.7 Å². The first-order valence-electron chi connectivity index (χ1n) is 6.26. The topological polar surface area (TPSA) is 55.1 Å². The van der Waals surface area contributed by atoms with Crippen molar-refractivity contribution >= 4 is 17.7 Å². The van der Waals surface area contributed by atoms with Crippen LogP contribution in [0.3, 0.4) is 0 Å². The third kappa shape index (κ3) is 5.37. The quantitative estimate of drug-likeness (QED) is 0.590. The Labute approximate surface area is 119 Å². The lowest BCUT2D eigenvalue weighted by molar-refractivity contribution is -0.125. The summed E-state index contributed by atoms with van der Waals surface area (Å²) in [5.41, 5.74) is 7.08. The summed E-state index contributed by atoms with van der Waals surface area (Å²) >= 11 is 1.63. The van der Waals surface area contributed by atoms with Gasteiger partial charge in [-0.2, -0.15) is 0 Å². The van der Waals surface area contributed by atoms with Gasteiger partial charge >= 0.3 is 0 Å². The average molecular weight is 276 g/mol. The lowest BCUT2D eigenvalue weighted by Crippen LogP contribution is -2.36. The number of rotatable bonds is 7. The van der Waals surface area contributed by atoms with Crippen molar-refractivity contribution in [3.63, 3.8) is 0 Å². The first-order chi connectivity index (χ1) is 9.16. The van der Waals surface area contributed by atoms with Crippen LogP contribution in [0, 0.1) is 18.3 Å². The number of nitrogens with two attached hydrogens (primary N) is 1. The summed E-state index contributed by atoms with van der Waals surface area (Å²) in [6, 6.07) is 9.39. The van der Waals surface area contributed by atoms with Crippen LogP contribution in [0.1, 0.15) is 18.5 Å². The van der Waals surface area contributed by atoms with Crippen LogP contribution in [0.5, 0.6) is 0 Å². The third-order valence-electron chi connectivity index (χ3n) is 2.87. The molecule has 0 aliphatic carbocycles. The Balaban J connectivity index is 2.38. The fraction of sp³-hybridized carbons (Fsp3) is 0.400. The molecule has 0 aromatic heterocycles. The highest BCUT2D eigenvalue weighted by Crippen LogP contribution is 2.18. The molecule has 2 atom stereocenters. The molecule has 0 spiro atoms. The van der Waals surface area contributed by atoms with Gasteiger partial charge in [0.1, 0.15) is 0 Å². The zero-order valence-corrected chi connectivity index (χ0v) is 12.0. The van der Waals surface area contributed by atoms with E-state index in [2.05, 4.69) is 11.2 Å². The van der Waals surface area contributed by atoms with Crippen molar-refractivity contribution in [2.45, 2.75) is 13.0 Å². The summed E-state index contributed by atoms with van der Waals surface area (Å²) in [6.45, 7) is 2.47. The lowest BCUT2D eigenvalue weighted by Gasteiger charge is -2.19. The monoisotopic (exact) mass is 276 g/mol. The molecule has 2 unspecified atom stereocenters. The molecule has 0 saturated carbocycles. The van der Waals surface area contributed by atoms with Crippen molar-refractivity contribution in [1.29, 1.82) is 0 Å². The molecule has 0 radical (unpaired) electrons. The van der Waals surface area contributed by atoms with Crippen LogP contribution in [0.2, 0.25) is 0 Å². The number of hydrogen-bond acceptors (Lipinski definition) is 3. The predicted octanol–water partition coefficient (Wildman–Crippen LogP) is 1.81. The highest BCUT2D eigenvalue weighted by molar-refractivity contribution is 7.99. The summed E-state index contributed by atoms with van der Waals surface area (Å²) in [5, 5.41) is 2.88. The normalized spacial score (nSPS) is 13.3. The molecule has 0 saturated heterocycles. The van der Waals surface area contributed by atoms with Crippen molar-refractivity contribution in [1.82, 2.24) is 5.32 Å². The van der Waals surface area contributed by atoms with E-state index in [4.69, 9.17) is 12.2 Å². The number of nitrogens with one attached hydrogen (secondary N) is 1. The Bertz CT molecular complexity index is 428. The van der Waals surface area contributed by atoms with E-state index in [9.17, 15) is 4.79 Å². The van der Waals surface area contributed by atoms with E-state index in [0.29, 0.717) is 12.3 Å². The van der Waals surface area contributed by atoms with Gasteiger partial charge in [0.05, 0.1) is 11.7 Å². The molecule has 0 aliphatic rings. The van der Waals surface area contributed by atoms with Crippen molar-refractivity contribution < 1.29 is 4.79 Å². The van der Waals surface area contributed by atoms with Gasteiger partial charge in [0.25, 0.3) is 0 Å². The number of amides is 1. The van der Waals surface area contributed by atoms with Crippen LogP contribution >= 0.6 is 11.8 Å². The number of hydrogen-bond donors (Lipinski definition) is 2. The molecule has 102 valence electrons. The number of carbonyl (C=O) groups is 1. The molecule has 3 N–H and O–H groups in total. The molecule has 0 bridgehead atoms. The van der Waals surface area contributed by atoms with Crippen LogP contribution in [0.15, 0.2) is 30.3 Å². The zero-order valence-electron chi connectivity index (χ0n) is 11.1. The molecular formula is C15H20N2OS. The minimum absolute atomic E-state index is 0.0161. The maximum Gasteiger partial charge on any atom is 0.224 e. The third-order valence-corrected chi connectivity index (χ3v) is 3.73. The van der Waals surface area contributed by atoms with Crippen LogP contribution in [0.25, 0.3) is 0 Å². The van der Waals surface area contributed by atoms with Crippen LogP contribution in [-0.4, -0.2) is 24.0 Å². The van der Waals surface area contributed by atoms with E-state index in [-0.39, 0.29) is 17.9 Å². The van der Waals surface area contributed by atoms with E-state index in [0.717, 1.165) is 11.3 Å². The minimum Gasteiger partial charge on any atom is -0.355 e. The molecule has 0 fully saturated rings. The molecule has 0 aliphatic heterocycles. The van der Waals surface area contributed by atoms with Crippen LogP contribution < -0.4 is 11.1 Å². The molecule has 1 rings (SSSR count). The van der Waals surface area contributed by atoms with Gasteiger partial charge in [-0.15, -0.1) is 18.2 Å². The average Bonchev–Trinajstić information content (AvgIpc) is 2.46. The highest BCUT2D eigenvalue weighted by atomic mass is 32.2. The van der Waals surface area contributed by atoms with Gasteiger partial charge in [-0.3, -0.25) is 4.79 Å². The number of terminal acetylenes is 1. The van der Waals surface area contributed by atoms with E-state index in [1.807, 2.05) is 37.3 Å². The second-order valence-electron chi connectivity index (χ2n) is 4.27. The summed E-state index contributed by atoms with van der Waals surface area (Å²) in [6.07, 6.45) is 5.15. The van der Waals surface area contributed by atoms with Crippen molar-refractivity contribution in [3.8, 4) is 12.3 Å². The number of thioether (sulfide) groups is 1. The molecule has 1 aromatic rings. The maximum absolute atomic E-state index is 11.9. The highest BCUT2D eigenvalue weighted by Gasteiger charge is 2.21. The summed E-state index contributed by atoms with van der Waals surface area (Å²) < 4.78 is 0. The van der Waals surface area contributed by atoms with Gasteiger partial charge in [0, 0.05) is 18.3 Å². The van der Waals surface area contributed by atoms with Crippen LogP contribution in [0.4, 0.5) is 0 Å². The number of carbonyl (C=O) groups excluding carboxylic acids is 1.